The topological polar surface area (TPSA) is 58.9 Å². The second kappa shape index (κ2) is 6.64. The van der Waals surface area contributed by atoms with E-state index in [4.69, 9.17) is 9.47 Å². The maximum Gasteiger partial charge on any atom is 0.135 e. The standard InChI is InChI=1S/C24H22O4/c1-13-9-15-5-7-17(23(25)21(15)19(11-13)27-3)18-8-6-16-10-14(2)12-20(28-4)22(16)24(18)26/h5-12,25-26H,1-4H3. The van der Waals surface area contributed by atoms with Crippen LogP contribution in [0.2, 0.25) is 0 Å². The van der Waals surface area contributed by atoms with Gasteiger partial charge < -0.3 is 19.7 Å². The first-order valence-electron chi connectivity index (χ1n) is 9.05. The fraction of sp³-hybridized carbons (Fsp3) is 0.167. The van der Waals surface area contributed by atoms with Crippen molar-refractivity contribution in [2.45, 2.75) is 13.8 Å². The number of aryl methyl sites for hydroxylation is 2. The molecule has 4 nitrogen and oxygen atoms in total. The van der Waals surface area contributed by atoms with Gasteiger partial charge in [-0.2, -0.15) is 0 Å². The lowest BCUT2D eigenvalue weighted by Gasteiger charge is -2.15. The number of aromatic hydroxyl groups is 2. The van der Waals surface area contributed by atoms with Crippen LogP contribution in [-0.2, 0) is 0 Å². The number of rotatable bonds is 3. The zero-order chi connectivity index (χ0) is 20.0. The molecule has 0 saturated carbocycles. The molecule has 0 aliphatic rings. The van der Waals surface area contributed by atoms with Gasteiger partial charge in [-0.1, -0.05) is 24.3 Å². The van der Waals surface area contributed by atoms with Gasteiger partial charge in [-0.15, -0.1) is 0 Å². The summed E-state index contributed by atoms with van der Waals surface area (Å²) in [7, 11) is 3.17. The molecule has 0 aromatic heterocycles. The molecule has 0 radical (unpaired) electrons. The summed E-state index contributed by atoms with van der Waals surface area (Å²) in [5.74, 6) is 1.36. The minimum absolute atomic E-state index is 0.0788. The lowest BCUT2D eigenvalue weighted by atomic mass is 9.94. The third-order valence-electron chi connectivity index (χ3n) is 5.13. The molecule has 2 N–H and O–H groups in total. The van der Waals surface area contributed by atoms with Crippen LogP contribution < -0.4 is 9.47 Å². The number of methoxy groups -OCH3 is 2. The Bertz CT molecular complexity index is 1130. The number of hydrogen-bond acceptors (Lipinski definition) is 4. The summed E-state index contributed by atoms with van der Waals surface area (Å²) in [6.07, 6.45) is 0. The largest absolute Gasteiger partial charge is 0.507 e. The minimum Gasteiger partial charge on any atom is -0.507 e. The van der Waals surface area contributed by atoms with E-state index in [1.807, 2.05) is 62.4 Å². The van der Waals surface area contributed by atoms with Gasteiger partial charge in [-0.05, 0) is 60.0 Å². The number of phenolic OH excluding ortho intramolecular Hbond substituents is 2. The van der Waals surface area contributed by atoms with Crippen molar-refractivity contribution in [2.24, 2.45) is 0 Å². The number of ether oxygens (including phenoxy) is 2. The molecular formula is C24H22O4. The Morgan fingerprint density at radius 2 is 1.00 bits per heavy atom. The van der Waals surface area contributed by atoms with Crippen LogP contribution >= 0.6 is 0 Å². The van der Waals surface area contributed by atoms with Gasteiger partial charge >= 0.3 is 0 Å². The normalized spacial score (nSPS) is 11.1. The molecule has 0 aliphatic heterocycles. The molecule has 0 aliphatic carbocycles. The van der Waals surface area contributed by atoms with Gasteiger partial charge in [0.15, 0.2) is 0 Å². The predicted octanol–water partition coefficient (Wildman–Crippen LogP) is 5.71. The summed E-state index contributed by atoms with van der Waals surface area (Å²) in [5.41, 5.74) is 3.17. The highest BCUT2D eigenvalue weighted by molar-refractivity contribution is 6.04. The van der Waals surface area contributed by atoms with Crippen molar-refractivity contribution < 1.29 is 19.7 Å². The van der Waals surface area contributed by atoms with E-state index in [2.05, 4.69) is 0 Å². The quantitative estimate of drug-likeness (QED) is 0.482. The maximum atomic E-state index is 11.1. The first kappa shape index (κ1) is 18.0. The van der Waals surface area contributed by atoms with E-state index >= 15 is 0 Å². The van der Waals surface area contributed by atoms with E-state index in [0.29, 0.717) is 33.4 Å². The highest BCUT2D eigenvalue weighted by Gasteiger charge is 2.18. The second-order valence-electron chi connectivity index (χ2n) is 7.05. The van der Waals surface area contributed by atoms with Gasteiger partial charge in [0.25, 0.3) is 0 Å². The van der Waals surface area contributed by atoms with Crippen molar-refractivity contribution in [3.63, 3.8) is 0 Å². The fourth-order valence-electron chi connectivity index (χ4n) is 3.86. The summed E-state index contributed by atoms with van der Waals surface area (Å²) in [6.45, 7) is 3.96. The highest BCUT2D eigenvalue weighted by Crippen LogP contribution is 2.47. The Labute approximate surface area is 163 Å². The van der Waals surface area contributed by atoms with Crippen LogP contribution in [0.5, 0.6) is 23.0 Å². The van der Waals surface area contributed by atoms with E-state index in [-0.39, 0.29) is 11.5 Å². The van der Waals surface area contributed by atoms with Crippen LogP contribution in [0.4, 0.5) is 0 Å². The summed E-state index contributed by atoms with van der Waals surface area (Å²) in [4.78, 5) is 0. The van der Waals surface area contributed by atoms with E-state index in [9.17, 15) is 10.2 Å². The average molecular weight is 374 g/mol. The van der Waals surface area contributed by atoms with Crippen LogP contribution in [0.1, 0.15) is 11.1 Å². The fourth-order valence-corrected chi connectivity index (χ4v) is 3.86. The van der Waals surface area contributed by atoms with Crippen LogP contribution in [0.15, 0.2) is 48.5 Å². The monoisotopic (exact) mass is 374 g/mol. The first-order valence-corrected chi connectivity index (χ1v) is 9.05. The van der Waals surface area contributed by atoms with Crippen LogP contribution in [-0.4, -0.2) is 24.4 Å². The Morgan fingerprint density at radius 1 is 0.607 bits per heavy atom. The van der Waals surface area contributed by atoms with Crippen LogP contribution in [0, 0.1) is 13.8 Å². The van der Waals surface area contributed by atoms with Crippen molar-refractivity contribution in [2.75, 3.05) is 14.2 Å². The summed E-state index contributed by atoms with van der Waals surface area (Å²) in [6, 6.07) is 15.2. The molecule has 0 unspecified atom stereocenters. The molecular weight excluding hydrogens is 352 g/mol. The van der Waals surface area contributed by atoms with Crippen molar-refractivity contribution >= 4 is 21.5 Å². The van der Waals surface area contributed by atoms with E-state index in [1.165, 1.54) is 0 Å². The van der Waals surface area contributed by atoms with Gasteiger partial charge in [0.05, 0.1) is 25.0 Å². The third-order valence-corrected chi connectivity index (χ3v) is 5.13. The molecule has 28 heavy (non-hydrogen) atoms. The number of fused-ring (bicyclic) bond motifs is 2. The molecule has 0 fully saturated rings. The molecule has 4 aromatic carbocycles. The molecule has 142 valence electrons. The highest BCUT2D eigenvalue weighted by atomic mass is 16.5. The molecule has 0 amide bonds. The van der Waals surface area contributed by atoms with Gasteiger partial charge in [-0.3, -0.25) is 0 Å². The molecule has 0 heterocycles. The third kappa shape index (κ3) is 2.69. The van der Waals surface area contributed by atoms with E-state index in [0.717, 1.165) is 21.9 Å². The Morgan fingerprint density at radius 3 is 1.36 bits per heavy atom. The minimum atomic E-state index is 0.0788. The SMILES string of the molecule is COc1cc(C)cc2ccc(-c3ccc4cc(C)cc(OC)c4c3O)c(O)c12. The molecule has 0 atom stereocenters. The zero-order valence-electron chi connectivity index (χ0n) is 16.3. The zero-order valence-corrected chi connectivity index (χ0v) is 16.3. The summed E-state index contributed by atoms with van der Waals surface area (Å²) >= 11 is 0. The summed E-state index contributed by atoms with van der Waals surface area (Å²) < 4.78 is 11.0. The molecule has 0 spiro atoms. The lowest BCUT2D eigenvalue weighted by Crippen LogP contribution is -1.91. The molecule has 4 heteroatoms. The van der Waals surface area contributed by atoms with Gasteiger partial charge in [0.1, 0.15) is 23.0 Å². The molecule has 4 aromatic rings. The lowest BCUT2D eigenvalue weighted by molar-refractivity contribution is 0.415. The Kier molecular flexibility index (Phi) is 4.27. The number of benzene rings is 4. The van der Waals surface area contributed by atoms with Crippen molar-refractivity contribution in [1.29, 1.82) is 0 Å². The molecule has 0 bridgehead atoms. The van der Waals surface area contributed by atoms with E-state index < -0.39 is 0 Å². The average Bonchev–Trinajstić information content (AvgIpc) is 2.67. The van der Waals surface area contributed by atoms with Crippen molar-refractivity contribution in [1.82, 2.24) is 0 Å². The van der Waals surface area contributed by atoms with Gasteiger partial charge in [0.2, 0.25) is 0 Å². The predicted molar refractivity (Wildman–Crippen MR) is 113 cm³/mol. The van der Waals surface area contributed by atoms with E-state index in [1.54, 1.807) is 14.2 Å². The van der Waals surface area contributed by atoms with Crippen molar-refractivity contribution in [3.05, 3.63) is 59.7 Å². The van der Waals surface area contributed by atoms with Crippen LogP contribution in [0.25, 0.3) is 32.7 Å². The molecule has 0 saturated heterocycles. The smallest absolute Gasteiger partial charge is 0.135 e. The number of hydrogen-bond donors (Lipinski definition) is 2. The van der Waals surface area contributed by atoms with Crippen LogP contribution in [0.3, 0.4) is 0 Å². The Hall–Kier alpha value is -3.40. The Balaban J connectivity index is 2.04. The molecule has 4 rings (SSSR count). The van der Waals surface area contributed by atoms with Gasteiger partial charge in [0, 0.05) is 11.1 Å². The van der Waals surface area contributed by atoms with Gasteiger partial charge in [-0.25, -0.2) is 0 Å². The second-order valence-corrected chi connectivity index (χ2v) is 7.05. The number of phenols is 2. The summed E-state index contributed by atoms with van der Waals surface area (Å²) in [5, 5.41) is 25.1. The van der Waals surface area contributed by atoms with Crippen molar-refractivity contribution in [3.8, 4) is 34.1 Å². The maximum absolute atomic E-state index is 11.1. The first-order chi connectivity index (χ1) is 13.4.